The van der Waals surface area contributed by atoms with E-state index in [0.717, 1.165) is 35.1 Å². The lowest BCUT2D eigenvalue weighted by Gasteiger charge is -2.19. The van der Waals surface area contributed by atoms with Crippen molar-refractivity contribution in [1.82, 2.24) is 19.8 Å². The fourth-order valence-corrected chi connectivity index (χ4v) is 3.66. The molecular formula is C20H16N6. The van der Waals surface area contributed by atoms with Crippen molar-refractivity contribution in [3.8, 4) is 17.5 Å². The molecule has 126 valence electrons. The lowest BCUT2D eigenvalue weighted by atomic mass is 10.1. The molecule has 0 N–H and O–H groups in total. The molecule has 3 heterocycles. The largest absolute Gasteiger partial charge is 0.371 e. The number of nitrogens with zero attached hydrogens (tertiary/aromatic N) is 6. The van der Waals surface area contributed by atoms with Crippen LogP contribution in [0.4, 0.5) is 5.69 Å². The monoisotopic (exact) mass is 340 g/mol. The van der Waals surface area contributed by atoms with Gasteiger partial charge < -0.3 is 4.90 Å². The maximum Gasteiger partial charge on any atom is 0.186 e. The highest BCUT2D eigenvalue weighted by molar-refractivity contribution is 6.01. The second-order valence-electron chi connectivity index (χ2n) is 6.53. The third kappa shape index (κ3) is 2.21. The summed E-state index contributed by atoms with van der Waals surface area (Å²) >= 11 is 0. The second kappa shape index (κ2) is 5.81. The molecule has 0 amide bonds. The summed E-state index contributed by atoms with van der Waals surface area (Å²) in [5, 5.41) is 24.5. The van der Waals surface area contributed by atoms with E-state index in [1.165, 1.54) is 18.5 Å². The highest BCUT2D eigenvalue weighted by atomic mass is 15.4. The van der Waals surface area contributed by atoms with Gasteiger partial charge in [0.2, 0.25) is 0 Å². The van der Waals surface area contributed by atoms with Crippen molar-refractivity contribution in [2.24, 2.45) is 0 Å². The molecule has 0 saturated carbocycles. The molecular weight excluding hydrogens is 324 g/mol. The SMILES string of the molecule is N#Cc1ccc(-c2nnc3c4cccc(N5CCCC5)c4cnn23)cc1. The first-order valence-electron chi connectivity index (χ1n) is 8.74. The van der Waals surface area contributed by atoms with E-state index in [4.69, 9.17) is 5.26 Å². The van der Waals surface area contributed by atoms with Gasteiger partial charge in [0.15, 0.2) is 11.5 Å². The van der Waals surface area contributed by atoms with Crippen LogP contribution in [-0.2, 0) is 0 Å². The summed E-state index contributed by atoms with van der Waals surface area (Å²) in [5.74, 6) is 0.679. The normalized spacial score (nSPS) is 14.2. The number of anilines is 1. The van der Waals surface area contributed by atoms with Crippen LogP contribution in [-0.4, -0.2) is 32.9 Å². The van der Waals surface area contributed by atoms with E-state index < -0.39 is 0 Å². The lowest BCUT2D eigenvalue weighted by molar-refractivity contribution is 0.940. The van der Waals surface area contributed by atoms with Crippen molar-refractivity contribution in [1.29, 1.82) is 5.26 Å². The van der Waals surface area contributed by atoms with Gasteiger partial charge in [0.25, 0.3) is 0 Å². The standard InChI is InChI=1S/C20H16N6/c21-12-14-6-8-15(9-7-14)19-23-24-20-16-4-3-5-18(25-10-1-2-11-25)17(16)13-22-26(19)20/h3-9,13H,1-2,10-11H2. The van der Waals surface area contributed by atoms with E-state index >= 15 is 0 Å². The Morgan fingerprint density at radius 1 is 0.923 bits per heavy atom. The number of rotatable bonds is 2. The number of fused-ring (bicyclic) bond motifs is 3. The zero-order valence-electron chi connectivity index (χ0n) is 14.1. The fourth-order valence-electron chi connectivity index (χ4n) is 3.66. The third-order valence-electron chi connectivity index (χ3n) is 4.99. The van der Waals surface area contributed by atoms with Gasteiger partial charge in [0, 0.05) is 35.1 Å². The summed E-state index contributed by atoms with van der Waals surface area (Å²) in [5.41, 5.74) is 3.48. The van der Waals surface area contributed by atoms with E-state index in [9.17, 15) is 0 Å². The first-order chi connectivity index (χ1) is 12.8. The van der Waals surface area contributed by atoms with Crippen LogP contribution in [0.2, 0.25) is 0 Å². The predicted octanol–water partition coefficient (Wildman–Crippen LogP) is 3.42. The van der Waals surface area contributed by atoms with E-state index in [1.807, 2.05) is 18.3 Å². The van der Waals surface area contributed by atoms with Crippen LogP contribution in [0.5, 0.6) is 0 Å². The van der Waals surface area contributed by atoms with Gasteiger partial charge in [-0.2, -0.15) is 14.9 Å². The Morgan fingerprint density at radius 2 is 1.73 bits per heavy atom. The van der Waals surface area contributed by atoms with Crippen LogP contribution in [0.15, 0.2) is 48.7 Å². The van der Waals surface area contributed by atoms with Crippen molar-refractivity contribution in [3.05, 3.63) is 54.2 Å². The molecule has 2 aromatic heterocycles. The van der Waals surface area contributed by atoms with Gasteiger partial charge in [-0.15, -0.1) is 10.2 Å². The van der Waals surface area contributed by atoms with Crippen LogP contribution in [0.25, 0.3) is 27.8 Å². The Bertz CT molecular complexity index is 1150. The Labute approximate surface area is 150 Å². The molecule has 0 radical (unpaired) electrons. The zero-order chi connectivity index (χ0) is 17.5. The van der Waals surface area contributed by atoms with Crippen LogP contribution in [0, 0.1) is 11.3 Å². The highest BCUT2D eigenvalue weighted by Gasteiger charge is 2.18. The van der Waals surface area contributed by atoms with Crippen LogP contribution in [0.3, 0.4) is 0 Å². The molecule has 0 atom stereocenters. The Kier molecular flexibility index (Phi) is 3.32. The molecule has 0 bridgehead atoms. The average molecular weight is 340 g/mol. The molecule has 1 aliphatic heterocycles. The van der Waals surface area contributed by atoms with E-state index in [0.29, 0.717) is 11.4 Å². The number of benzene rings is 2. The molecule has 1 saturated heterocycles. The Hall–Kier alpha value is -3.46. The predicted molar refractivity (Wildman–Crippen MR) is 99.9 cm³/mol. The summed E-state index contributed by atoms with van der Waals surface area (Å²) in [6.45, 7) is 2.18. The minimum absolute atomic E-state index is 0.622. The molecule has 0 unspecified atom stereocenters. The Morgan fingerprint density at radius 3 is 2.50 bits per heavy atom. The minimum atomic E-state index is 0.622. The molecule has 1 fully saturated rings. The number of hydrogen-bond acceptors (Lipinski definition) is 5. The highest BCUT2D eigenvalue weighted by Crippen LogP contribution is 2.31. The molecule has 2 aromatic carbocycles. The maximum absolute atomic E-state index is 8.97. The van der Waals surface area contributed by atoms with Gasteiger partial charge in [-0.05, 0) is 43.2 Å². The molecule has 6 nitrogen and oxygen atoms in total. The molecule has 0 aliphatic carbocycles. The van der Waals surface area contributed by atoms with Gasteiger partial charge in [-0.25, -0.2) is 0 Å². The van der Waals surface area contributed by atoms with Crippen molar-refractivity contribution >= 4 is 22.1 Å². The van der Waals surface area contributed by atoms with Gasteiger partial charge >= 0.3 is 0 Å². The summed E-state index contributed by atoms with van der Waals surface area (Å²) < 4.78 is 1.78. The Balaban J connectivity index is 1.69. The van der Waals surface area contributed by atoms with Crippen LogP contribution >= 0.6 is 0 Å². The van der Waals surface area contributed by atoms with Crippen molar-refractivity contribution in [2.75, 3.05) is 18.0 Å². The number of aromatic nitrogens is 4. The second-order valence-corrected chi connectivity index (χ2v) is 6.53. The molecule has 0 spiro atoms. The van der Waals surface area contributed by atoms with Crippen molar-refractivity contribution in [2.45, 2.75) is 12.8 Å². The first kappa shape index (κ1) is 14.8. The maximum atomic E-state index is 8.97. The topological polar surface area (TPSA) is 70.1 Å². The average Bonchev–Trinajstić information content (AvgIpc) is 3.37. The molecule has 4 aromatic rings. The lowest BCUT2D eigenvalue weighted by Crippen LogP contribution is -2.17. The summed E-state index contributed by atoms with van der Waals surface area (Å²) in [6.07, 6.45) is 4.38. The van der Waals surface area contributed by atoms with E-state index in [2.05, 4.69) is 44.5 Å². The van der Waals surface area contributed by atoms with Crippen LogP contribution < -0.4 is 4.90 Å². The van der Waals surface area contributed by atoms with Gasteiger partial charge in [-0.1, -0.05) is 12.1 Å². The van der Waals surface area contributed by atoms with Gasteiger partial charge in [0.05, 0.1) is 17.8 Å². The summed E-state index contributed by atoms with van der Waals surface area (Å²) in [6, 6.07) is 15.7. The van der Waals surface area contributed by atoms with Crippen molar-refractivity contribution < 1.29 is 0 Å². The molecule has 5 rings (SSSR count). The van der Waals surface area contributed by atoms with Gasteiger partial charge in [0.1, 0.15) is 0 Å². The first-order valence-corrected chi connectivity index (χ1v) is 8.74. The van der Waals surface area contributed by atoms with Crippen LogP contribution in [0.1, 0.15) is 18.4 Å². The fraction of sp³-hybridized carbons (Fsp3) is 0.200. The quantitative estimate of drug-likeness (QED) is 0.559. The number of nitriles is 1. The van der Waals surface area contributed by atoms with E-state index in [-0.39, 0.29) is 0 Å². The number of hydrogen-bond donors (Lipinski definition) is 0. The molecule has 1 aliphatic rings. The third-order valence-corrected chi connectivity index (χ3v) is 4.99. The van der Waals surface area contributed by atoms with Gasteiger partial charge in [-0.3, -0.25) is 0 Å². The molecule has 6 heteroatoms. The summed E-state index contributed by atoms with van der Waals surface area (Å²) in [7, 11) is 0. The molecule has 26 heavy (non-hydrogen) atoms. The van der Waals surface area contributed by atoms with E-state index in [1.54, 1.807) is 16.6 Å². The minimum Gasteiger partial charge on any atom is -0.371 e. The summed E-state index contributed by atoms with van der Waals surface area (Å²) in [4.78, 5) is 2.42. The smallest absolute Gasteiger partial charge is 0.186 e. The van der Waals surface area contributed by atoms with Crippen molar-refractivity contribution in [3.63, 3.8) is 0 Å². The zero-order valence-corrected chi connectivity index (χ0v) is 14.1.